The van der Waals surface area contributed by atoms with Gasteiger partial charge in [-0.1, -0.05) is 23.9 Å². The minimum absolute atomic E-state index is 0.129. The molecule has 1 rings (SSSR count). The number of rotatable bonds is 3. The molecule has 5 nitrogen and oxygen atoms in total. The van der Waals surface area contributed by atoms with Crippen LogP contribution in [0.4, 0.5) is 5.69 Å². The van der Waals surface area contributed by atoms with Crippen LogP contribution >= 0.6 is 11.8 Å². The first kappa shape index (κ1) is 13.4. The monoisotopic (exact) mass is 252 g/mol. The summed E-state index contributed by atoms with van der Waals surface area (Å²) in [4.78, 5) is 11.6. The normalized spacial score (nSPS) is 11.3. The zero-order valence-corrected chi connectivity index (χ0v) is 10.7. The van der Waals surface area contributed by atoms with E-state index in [1.807, 2.05) is 32.0 Å². The van der Waals surface area contributed by atoms with Crippen molar-refractivity contribution in [2.75, 3.05) is 11.1 Å². The Morgan fingerprint density at radius 3 is 2.82 bits per heavy atom. The number of carbonyl (C=O) groups is 1. The Morgan fingerprint density at radius 2 is 2.18 bits per heavy atom. The minimum Gasteiger partial charge on any atom is -0.377 e. The molecule has 17 heavy (non-hydrogen) atoms. The second-order valence-electron chi connectivity index (χ2n) is 3.55. The molecule has 92 valence electrons. The lowest BCUT2D eigenvalue weighted by molar-refractivity contribution is -0.113. The molecule has 0 bridgehead atoms. The quantitative estimate of drug-likeness (QED) is 0.326. The van der Waals surface area contributed by atoms with Crippen LogP contribution in [0.2, 0.25) is 0 Å². The van der Waals surface area contributed by atoms with Gasteiger partial charge in [-0.15, -0.1) is 0 Å². The molecular weight excluding hydrogens is 236 g/mol. The number of hydrogen-bond acceptors (Lipinski definition) is 4. The summed E-state index contributed by atoms with van der Waals surface area (Å²) in [6.07, 6.45) is 0. The van der Waals surface area contributed by atoms with E-state index in [1.54, 1.807) is 0 Å². The zero-order chi connectivity index (χ0) is 12.8. The van der Waals surface area contributed by atoms with Crippen molar-refractivity contribution in [2.24, 2.45) is 16.7 Å². The summed E-state index contributed by atoms with van der Waals surface area (Å²) in [6, 6.07) is 5.77. The highest BCUT2D eigenvalue weighted by atomic mass is 32.2. The highest BCUT2D eigenvalue weighted by Gasteiger charge is 2.06. The van der Waals surface area contributed by atoms with Gasteiger partial charge in [0.1, 0.15) is 0 Å². The molecule has 1 aromatic carbocycles. The largest absolute Gasteiger partial charge is 0.377 e. The van der Waals surface area contributed by atoms with Gasteiger partial charge < -0.3 is 16.9 Å². The summed E-state index contributed by atoms with van der Waals surface area (Å²) in [5.74, 6) is 5.03. The van der Waals surface area contributed by atoms with E-state index in [-0.39, 0.29) is 16.8 Å². The molecule has 0 aliphatic heterocycles. The van der Waals surface area contributed by atoms with E-state index in [0.717, 1.165) is 28.6 Å². The molecule has 0 spiro atoms. The summed E-state index contributed by atoms with van der Waals surface area (Å²) in [6.45, 7) is 3.96. The number of nitrogens with zero attached hydrogens (tertiary/aromatic N) is 1. The first-order valence-electron chi connectivity index (χ1n) is 5.06. The van der Waals surface area contributed by atoms with Gasteiger partial charge in [0.15, 0.2) is 5.17 Å². The highest BCUT2D eigenvalue weighted by molar-refractivity contribution is 8.14. The Bertz CT molecular complexity index is 445. The van der Waals surface area contributed by atoms with Crippen LogP contribution < -0.4 is 16.9 Å². The molecule has 0 fully saturated rings. The number of nitrogens with two attached hydrogens (primary N) is 2. The zero-order valence-electron chi connectivity index (χ0n) is 9.86. The molecule has 0 radical (unpaired) electrons. The first-order valence-corrected chi connectivity index (χ1v) is 6.05. The van der Waals surface area contributed by atoms with Crippen LogP contribution in [-0.4, -0.2) is 16.8 Å². The molecule has 0 aromatic heterocycles. The van der Waals surface area contributed by atoms with Crippen LogP contribution in [0.3, 0.4) is 0 Å². The van der Waals surface area contributed by atoms with Crippen molar-refractivity contribution in [3.63, 3.8) is 0 Å². The molecule has 5 N–H and O–H groups in total. The molecule has 0 unspecified atom stereocenters. The van der Waals surface area contributed by atoms with Crippen molar-refractivity contribution in [3.8, 4) is 0 Å². The van der Waals surface area contributed by atoms with Crippen LogP contribution in [0.5, 0.6) is 0 Å². The number of hydrogen-bond donors (Lipinski definition) is 3. The number of anilines is 1. The Labute approximate surface area is 105 Å². The predicted octanol–water partition coefficient (Wildman–Crippen LogP) is 1.16. The molecule has 0 atom stereocenters. The molecule has 0 saturated heterocycles. The number of nitrogens with one attached hydrogen (secondary N) is 1. The van der Waals surface area contributed by atoms with Gasteiger partial charge in [0, 0.05) is 5.69 Å². The van der Waals surface area contributed by atoms with Gasteiger partial charge in [-0.05, 0) is 31.0 Å². The Morgan fingerprint density at radius 1 is 1.47 bits per heavy atom. The number of thioether (sulfide) groups is 1. The minimum atomic E-state index is -0.129. The summed E-state index contributed by atoms with van der Waals surface area (Å²) in [7, 11) is 0. The van der Waals surface area contributed by atoms with E-state index in [1.165, 1.54) is 0 Å². The van der Waals surface area contributed by atoms with Crippen LogP contribution in [0.1, 0.15) is 11.1 Å². The molecule has 0 saturated carbocycles. The third-order valence-corrected chi connectivity index (χ3v) is 3.16. The third kappa shape index (κ3) is 3.99. The Kier molecular flexibility index (Phi) is 4.84. The van der Waals surface area contributed by atoms with Gasteiger partial charge >= 0.3 is 0 Å². The molecule has 6 heteroatoms. The maximum Gasteiger partial charge on any atom is 0.234 e. The van der Waals surface area contributed by atoms with Crippen LogP contribution in [0.25, 0.3) is 0 Å². The molecule has 0 aliphatic carbocycles. The van der Waals surface area contributed by atoms with E-state index >= 15 is 0 Å². The van der Waals surface area contributed by atoms with Gasteiger partial charge in [0.25, 0.3) is 0 Å². The molecular formula is C11H16N4OS. The average molecular weight is 252 g/mol. The smallest absolute Gasteiger partial charge is 0.234 e. The molecule has 0 heterocycles. The van der Waals surface area contributed by atoms with Crippen LogP contribution in [-0.2, 0) is 4.79 Å². The number of amides is 1. The predicted molar refractivity (Wildman–Crippen MR) is 72.8 cm³/mol. The van der Waals surface area contributed by atoms with Crippen LogP contribution in [0.15, 0.2) is 23.3 Å². The standard InChI is InChI=1S/C11H16N4OS/c1-7-4-3-5-9(8(7)2)14-10(16)6-17-11(12)15-13/h3-5H,6,13H2,1-2H3,(H2,12,15)(H,14,16). The lowest BCUT2D eigenvalue weighted by atomic mass is 10.1. The van der Waals surface area contributed by atoms with Gasteiger partial charge in [-0.3, -0.25) is 4.79 Å². The number of benzene rings is 1. The third-order valence-electron chi connectivity index (χ3n) is 2.36. The van der Waals surface area contributed by atoms with E-state index in [0.29, 0.717) is 0 Å². The van der Waals surface area contributed by atoms with E-state index in [4.69, 9.17) is 11.6 Å². The van der Waals surface area contributed by atoms with Gasteiger partial charge in [-0.25, -0.2) is 0 Å². The summed E-state index contributed by atoms with van der Waals surface area (Å²) < 4.78 is 0. The van der Waals surface area contributed by atoms with E-state index < -0.39 is 0 Å². The Hall–Kier alpha value is -1.69. The van der Waals surface area contributed by atoms with Crippen molar-refractivity contribution in [1.29, 1.82) is 0 Å². The number of carbonyl (C=O) groups excluding carboxylic acids is 1. The second-order valence-corrected chi connectivity index (χ2v) is 4.55. The maximum atomic E-state index is 11.6. The molecule has 1 aromatic rings. The fourth-order valence-electron chi connectivity index (χ4n) is 1.25. The van der Waals surface area contributed by atoms with Crippen molar-refractivity contribution >= 4 is 28.5 Å². The fraction of sp³-hybridized carbons (Fsp3) is 0.273. The second kappa shape index (κ2) is 6.15. The lowest BCUT2D eigenvalue weighted by Gasteiger charge is -2.09. The summed E-state index contributed by atoms with van der Waals surface area (Å²) in [5.41, 5.74) is 8.39. The fourth-order valence-corrected chi connectivity index (χ4v) is 1.68. The van der Waals surface area contributed by atoms with Gasteiger partial charge in [0.2, 0.25) is 5.91 Å². The lowest BCUT2D eigenvalue weighted by Crippen LogP contribution is -2.19. The van der Waals surface area contributed by atoms with Crippen molar-refractivity contribution in [3.05, 3.63) is 29.3 Å². The summed E-state index contributed by atoms with van der Waals surface area (Å²) >= 11 is 1.10. The molecule has 0 aliphatic rings. The average Bonchev–Trinajstić information content (AvgIpc) is 2.32. The van der Waals surface area contributed by atoms with Crippen molar-refractivity contribution < 1.29 is 4.79 Å². The number of hydrazone groups is 1. The topological polar surface area (TPSA) is 93.5 Å². The van der Waals surface area contributed by atoms with Crippen molar-refractivity contribution in [2.45, 2.75) is 13.8 Å². The Balaban J connectivity index is 2.60. The first-order chi connectivity index (χ1) is 8.04. The number of amidine groups is 1. The number of aryl methyl sites for hydroxylation is 1. The van der Waals surface area contributed by atoms with E-state index in [9.17, 15) is 4.79 Å². The van der Waals surface area contributed by atoms with Gasteiger partial charge in [0.05, 0.1) is 5.75 Å². The maximum absolute atomic E-state index is 11.6. The SMILES string of the molecule is Cc1cccc(NC(=O)CSC(N)=NN)c1C. The van der Waals surface area contributed by atoms with Crippen LogP contribution in [0, 0.1) is 13.8 Å². The van der Waals surface area contributed by atoms with Crippen molar-refractivity contribution in [1.82, 2.24) is 0 Å². The summed E-state index contributed by atoms with van der Waals surface area (Å²) in [5, 5.41) is 6.29. The van der Waals surface area contributed by atoms with Gasteiger partial charge in [-0.2, -0.15) is 5.10 Å². The van der Waals surface area contributed by atoms with E-state index in [2.05, 4.69) is 10.4 Å². The highest BCUT2D eigenvalue weighted by Crippen LogP contribution is 2.18. The molecule has 1 amide bonds.